The van der Waals surface area contributed by atoms with Crippen molar-refractivity contribution < 1.29 is 9.59 Å². The standard InChI is InChI=1S/C18H15ClN4O2/c1-12(24)23(17-7-5-15(21)6-8-17)18(25)13(10-20)11-22-16-4-2-3-14(19)9-16/h2-9,11,22H,21H2,1H3/b13-11-. The number of rotatable bonds is 4. The molecular formula is C18H15ClN4O2. The third-order valence-electron chi connectivity index (χ3n) is 3.23. The Morgan fingerprint density at radius 2 is 1.92 bits per heavy atom. The fraction of sp³-hybridized carbons (Fsp3) is 0.0556. The van der Waals surface area contributed by atoms with E-state index in [-0.39, 0.29) is 5.57 Å². The van der Waals surface area contributed by atoms with Gasteiger partial charge in [0.2, 0.25) is 5.91 Å². The highest BCUT2D eigenvalue weighted by Crippen LogP contribution is 2.20. The summed E-state index contributed by atoms with van der Waals surface area (Å²) in [6, 6.07) is 14.8. The second-order valence-electron chi connectivity index (χ2n) is 5.08. The van der Waals surface area contributed by atoms with Crippen LogP contribution in [0.4, 0.5) is 17.1 Å². The summed E-state index contributed by atoms with van der Waals surface area (Å²) in [4.78, 5) is 25.4. The number of hydrogen-bond donors (Lipinski definition) is 2. The normalized spacial score (nSPS) is 10.7. The molecule has 2 aromatic carbocycles. The van der Waals surface area contributed by atoms with Gasteiger partial charge in [-0.25, -0.2) is 4.90 Å². The summed E-state index contributed by atoms with van der Waals surface area (Å²) in [5.41, 5.74) is 6.82. The van der Waals surface area contributed by atoms with Crippen LogP contribution < -0.4 is 16.0 Å². The summed E-state index contributed by atoms with van der Waals surface area (Å²) in [6.45, 7) is 1.24. The minimum Gasteiger partial charge on any atom is -0.399 e. The molecule has 2 aromatic rings. The van der Waals surface area contributed by atoms with Crippen LogP contribution in [0.25, 0.3) is 0 Å². The molecular weight excluding hydrogens is 340 g/mol. The highest BCUT2D eigenvalue weighted by Gasteiger charge is 2.23. The molecule has 0 aliphatic carbocycles. The van der Waals surface area contributed by atoms with E-state index in [1.54, 1.807) is 42.5 Å². The first-order chi connectivity index (χ1) is 11.9. The minimum atomic E-state index is -0.741. The first-order valence-electron chi connectivity index (χ1n) is 7.25. The van der Waals surface area contributed by atoms with E-state index in [2.05, 4.69) is 5.32 Å². The summed E-state index contributed by atoms with van der Waals surface area (Å²) in [6.07, 6.45) is 1.24. The molecule has 6 nitrogen and oxygen atoms in total. The Morgan fingerprint density at radius 1 is 1.24 bits per heavy atom. The number of nitrogen functional groups attached to an aromatic ring is 1. The quantitative estimate of drug-likeness (QED) is 0.498. The number of nitriles is 1. The molecule has 0 aliphatic rings. The number of nitrogens with two attached hydrogens (primary N) is 1. The van der Waals surface area contributed by atoms with Gasteiger partial charge in [0.25, 0.3) is 5.91 Å². The number of halogens is 1. The average Bonchev–Trinajstić information content (AvgIpc) is 2.57. The van der Waals surface area contributed by atoms with Gasteiger partial charge in [0, 0.05) is 29.5 Å². The number of carbonyl (C=O) groups is 2. The lowest BCUT2D eigenvalue weighted by Gasteiger charge is -2.19. The molecule has 0 radical (unpaired) electrons. The fourth-order valence-electron chi connectivity index (χ4n) is 2.06. The van der Waals surface area contributed by atoms with Crippen LogP contribution in [0.1, 0.15) is 6.92 Å². The van der Waals surface area contributed by atoms with E-state index in [0.717, 1.165) is 4.90 Å². The van der Waals surface area contributed by atoms with Gasteiger partial charge in [0.1, 0.15) is 11.6 Å². The summed E-state index contributed by atoms with van der Waals surface area (Å²) in [5.74, 6) is -1.26. The van der Waals surface area contributed by atoms with Gasteiger partial charge < -0.3 is 11.1 Å². The Hall–Kier alpha value is -3.30. The average molecular weight is 355 g/mol. The van der Waals surface area contributed by atoms with Gasteiger partial charge >= 0.3 is 0 Å². The molecule has 3 N–H and O–H groups in total. The minimum absolute atomic E-state index is 0.230. The van der Waals surface area contributed by atoms with Gasteiger partial charge in [0.05, 0.1) is 5.69 Å². The van der Waals surface area contributed by atoms with E-state index >= 15 is 0 Å². The number of carbonyl (C=O) groups excluding carboxylic acids is 2. The van der Waals surface area contributed by atoms with E-state index in [1.165, 1.54) is 25.3 Å². The third-order valence-corrected chi connectivity index (χ3v) is 3.46. The summed E-state index contributed by atoms with van der Waals surface area (Å²) in [7, 11) is 0. The molecule has 0 atom stereocenters. The van der Waals surface area contributed by atoms with Gasteiger partial charge in [-0.2, -0.15) is 5.26 Å². The Balaban J connectivity index is 2.29. The number of nitrogens with zero attached hydrogens (tertiary/aromatic N) is 2. The van der Waals surface area contributed by atoms with Crippen LogP contribution in [0.2, 0.25) is 5.02 Å². The first-order valence-corrected chi connectivity index (χ1v) is 7.63. The van der Waals surface area contributed by atoms with Crippen molar-refractivity contribution in [3.05, 3.63) is 65.3 Å². The Morgan fingerprint density at radius 3 is 2.48 bits per heavy atom. The third kappa shape index (κ3) is 4.59. The van der Waals surface area contributed by atoms with Gasteiger partial charge in [-0.3, -0.25) is 9.59 Å². The highest BCUT2D eigenvalue weighted by molar-refractivity contribution is 6.30. The molecule has 7 heteroatoms. The Labute approximate surface area is 150 Å². The number of nitrogens with one attached hydrogen (secondary N) is 1. The van der Waals surface area contributed by atoms with Crippen LogP contribution in [0, 0.1) is 11.3 Å². The smallest absolute Gasteiger partial charge is 0.277 e. The van der Waals surface area contributed by atoms with Crippen molar-refractivity contribution in [2.24, 2.45) is 0 Å². The van der Waals surface area contributed by atoms with E-state index in [0.29, 0.717) is 22.1 Å². The molecule has 0 heterocycles. The molecule has 0 bridgehead atoms. The maximum absolute atomic E-state index is 12.6. The van der Waals surface area contributed by atoms with Crippen molar-refractivity contribution in [1.29, 1.82) is 5.26 Å². The van der Waals surface area contributed by atoms with Crippen LogP contribution in [0.5, 0.6) is 0 Å². The molecule has 0 unspecified atom stereocenters. The Bertz CT molecular complexity index is 869. The lowest BCUT2D eigenvalue weighted by molar-refractivity contribution is -0.123. The van der Waals surface area contributed by atoms with Crippen LogP contribution in [-0.4, -0.2) is 11.8 Å². The van der Waals surface area contributed by atoms with Crippen molar-refractivity contribution in [2.75, 3.05) is 16.0 Å². The highest BCUT2D eigenvalue weighted by atomic mass is 35.5. The number of benzene rings is 2. The molecule has 0 aromatic heterocycles. The van der Waals surface area contributed by atoms with Crippen molar-refractivity contribution in [2.45, 2.75) is 6.92 Å². The first kappa shape index (κ1) is 18.0. The molecule has 2 rings (SSSR count). The predicted molar refractivity (Wildman–Crippen MR) is 97.8 cm³/mol. The van der Waals surface area contributed by atoms with E-state index in [9.17, 15) is 14.9 Å². The van der Waals surface area contributed by atoms with Crippen molar-refractivity contribution in [3.63, 3.8) is 0 Å². The Kier molecular flexibility index (Phi) is 5.77. The molecule has 0 spiro atoms. The zero-order chi connectivity index (χ0) is 18.4. The number of anilines is 3. The number of imide groups is 1. The van der Waals surface area contributed by atoms with E-state index < -0.39 is 11.8 Å². The molecule has 0 aliphatic heterocycles. The molecule has 0 saturated carbocycles. The van der Waals surface area contributed by atoms with Crippen molar-refractivity contribution in [1.82, 2.24) is 0 Å². The van der Waals surface area contributed by atoms with Crippen LogP contribution in [-0.2, 0) is 9.59 Å². The number of hydrogen-bond acceptors (Lipinski definition) is 5. The molecule has 0 saturated heterocycles. The largest absolute Gasteiger partial charge is 0.399 e. The number of amides is 2. The lowest BCUT2D eigenvalue weighted by Crippen LogP contribution is -2.36. The lowest BCUT2D eigenvalue weighted by atomic mass is 10.2. The van der Waals surface area contributed by atoms with E-state index in [1.807, 2.05) is 0 Å². The molecule has 25 heavy (non-hydrogen) atoms. The SMILES string of the molecule is CC(=O)N(C(=O)/C(C#N)=C\Nc1cccc(Cl)c1)c1ccc(N)cc1. The second kappa shape index (κ2) is 7.99. The van der Waals surface area contributed by atoms with Crippen LogP contribution in [0.3, 0.4) is 0 Å². The van der Waals surface area contributed by atoms with Gasteiger partial charge in [-0.1, -0.05) is 17.7 Å². The van der Waals surface area contributed by atoms with Gasteiger partial charge in [0.15, 0.2) is 0 Å². The molecule has 126 valence electrons. The summed E-state index contributed by atoms with van der Waals surface area (Å²) < 4.78 is 0. The van der Waals surface area contributed by atoms with Gasteiger partial charge in [-0.15, -0.1) is 0 Å². The maximum Gasteiger partial charge on any atom is 0.277 e. The van der Waals surface area contributed by atoms with Gasteiger partial charge in [-0.05, 0) is 42.5 Å². The van der Waals surface area contributed by atoms with Crippen LogP contribution >= 0.6 is 11.6 Å². The summed E-state index contributed by atoms with van der Waals surface area (Å²) >= 11 is 5.89. The zero-order valence-corrected chi connectivity index (χ0v) is 14.1. The fourth-order valence-corrected chi connectivity index (χ4v) is 2.25. The summed E-state index contributed by atoms with van der Waals surface area (Å²) in [5, 5.41) is 12.6. The van der Waals surface area contributed by atoms with Crippen molar-refractivity contribution >= 4 is 40.5 Å². The monoisotopic (exact) mass is 354 g/mol. The molecule has 2 amide bonds. The predicted octanol–water partition coefficient (Wildman–Crippen LogP) is 3.32. The topological polar surface area (TPSA) is 99.2 Å². The zero-order valence-electron chi connectivity index (χ0n) is 13.4. The van der Waals surface area contributed by atoms with Crippen molar-refractivity contribution in [3.8, 4) is 6.07 Å². The maximum atomic E-state index is 12.6. The molecule has 0 fully saturated rings. The second-order valence-corrected chi connectivity index (χ2v) is 5.51. The van der Waals surface area contributed by atoms with Crippen LogP contribution in [0.15, 0.2) is 60.3 Å². The van der Waals surface area contributed by atoms with E-state index in [4.69, 9.17) is 17.3 Å².